The van der Waals surface area contributed by atoms with Gasteiger partial charge >= 0.3 is 0 Å². The molecule has 0 bridgehead atoms. The maximum Gasteiger partial charge on any atom is 0.240 e. The molecule has 0 heterocycles. The molecule has 0 aliphatic heterocycles. The van der Waals surface area contributed by atoms with Crippen molar-refractivity contribution in [2.45, 2.75) is 49.3 Å². The fourth-order valence-corrected chi connectivity index (χ4v) is 6.00. The van der Waals surface area contributed by atoms with Crippen LogP contribution >= 0.6 is 0 Å². The molecule has 9 nitrogen and oxygen atoms in total. The third-order valence-corrected chi connectivity index (χ3v) is 9.68. The van der Waals surface area contributed by atoms with Crippen LogP contribution in [0.4, 0.5) is 0 Å². The smallest absolute Gasteiger partial charge is 0.207 e. The molecule has 0 saturated carbocycles. The Morgan fingerprint density at radius 2 is 0.738 bits per heavy atom. The van der Waals surface area contributed by atoms with Gasteiger partial charge in [-0.05, 0) is 57.2 Å². The second-order valence-corrected chi connectivity index (χ2v) is 14.1. The Hall–Kier alpha value is -3.13. The molecule has 0 aliphatic carbocycles. The summed E-state index contributed by atoms with van der Waals surface area (Å²) in [6.45, 7) is 13.5. The van der Waals surface area contributed by atoms with E-state index in [1.807, 2.05) is 34.6 Å². The molecule has 42 heavy (non-hydrogen) atoms. The lowest BCUT2D eigenvalue weighted by molar-refractivity contribution is 0.583. The number of sulfonamides is 3. The summed E-state index contributed by atoms with van der Waals surface area (Å²) in [6.07, 6.45) is 4.62. The van der Waals surface area contributed by atoms with Crippen LogP contribution < -0.4 is 14.2 Å². The van der Waals surface area contributed by atoms with E-state index in [1.165, 1.54) is 30.3 Å². The van der Waals surface area contributed by atoms with E-state index >= 15 is 0 Å². The van der Waals surface area contributed by atoms with Crippen LogP contribution in [0.1, 0.15) is 30.5 Å². The van der Waals surface area contributed by atoms with Crippen molar-refractivity contribution in [3.63, 3.8) is 0 Å². The molecule has 0 aromatic heterocycles. The molecular formula is C30H41N3O6S3. The minimum atomic E-state index is -3.58. The van der Waals surface area contributed by atoms with E-state index in [-0.39, 0.29) is 34.3 Å². The highest BCUT2D eigenvalue weighted by Crippen LogP contribution is 2.11. The fourth-order valence-electron chi connectivity index (χ4n) is 3.05. The summed E-state index contributed by atoms with van der Waals surface area (Å²) in [5, 5.41) is 0. The van der Waals surface area contributed by atoms with Crippen molar-refractivity contribution < 1.29 is 25.3 Å². The molecule has 230 valence electrons. The number of benzene rings is 3. The van der Waals surface area contributed by atoms with Crippen LogP contribution in [0.2, 0.25) is 0 Å². The highest BCUT2D eigenvalue weighted by Gasteiger charge is 2.13. The zero-order chi connectivity index (χ0) is 31.8. The molecule has 3 rings (SSSR count). The first-order valence-electron chi connectivity index (χ1n) is 13.2. The molecule has 0 unspecified atom stereocenters. The van der Waals surface area contributed by atoms with E-state index in [0.29, 0.717) is 0 Å². The Kier molecular flexibility index (Phi) is 15.6. The van der Waals surface area contributed by atoms with E-state index in [9.17, 15) is 25.3 Å². The lowest BCUT2D eigenvalue weighted by Gasteiger charge is -2.06. The predicted molar refractivity (Wildman–Crippen MR) is 170 cm³/mol. The minimum absolute atomic E-state index is 0.0719. The standard InChI is InChI=1S/C18H22N2O4S2.C10H13NO2S.C2H6/c1-15-5-9-17(10-6-15)25(21,22)19-13-3-4-14-20-26(23,24)18-11-7-16(2)8-12-18;1-3-8-11-14(12,13)10-6-4-9(2)5-7-10;1-2/h3-12,19-20H,13-14H2,1-2H3;3-7,11H,1,8H2,2H3;1-2H3. The molecular weight excluding hydrogens is 595 g/mol. The van der Waals surface area contributed by atoms with Gasteiger partial charge in [0, 0.05) is 19.6 Å². The van der Waals surface area contributed by atoms with Gasteiger partial charge in [0.25, 0.3) is 0 Å². The molecule has 3 N–H and O–H groups in total. The first-order valence-corrected chi connectivity index (χ1v) is 17.7. The zero-order valence-corrected chi connectivity index (χ0v) is 27.1. The molecule has 0 atom stereocenters. The summed E-state index contributed by atoms with van der Waals surface area (Å²) in [7, 11) is -10.5. The number of hydrogen-bond donors (Lipinski definition) is 3. The normalized spacial score (nSPS) is 11.6. The average Bonchev–Trinajstić information content (AvgIpc) is 2.96. The summed E-state index contributed by atoms with van der Waals surface area (Å²) in [6, 6.07) is 19.8. The van der Waals surface area contributed by atoms with Crippen LogP contribution in [0.5, 0.6) is 0 Å². The topological polar surface area (TPSA) is 139 Å². The predicted octanol–water partition coefficient (Wildman–Crippen LogP) is 4.60. The van der Waals surface area contributed by atoms with Gasteiger partial charge in [0.15, 0.2) is 0 Å². The minimum Gasteiger partial charge on any atom is -0.207 e. The molecule has 0 saturated heterocycles. The van der Waals surface area contributed by atoms with E-state index in [1.54, 1.807) is 60.7 Å². The molecule has 0 aliphatic rings. The average molecular weight is 636 g/mol. The van der Waals surface area contributed by atoms with Gasteiger partial charge in [-0.3, -0.25) is 0 Å². The highest BCUT2D eigenvalue weighted by molar-refractivity contribution is 7.90. The Morgan fingerprint density at radius 1 is 0.500 bits per heavy atom. The van der Waals surface area contributed by atoms with Gasteiger partial charge in [0.2, 0.25) is 30.1 Å². The van der Waals surface area contributed by atoms with E-state index in [4.69, 9.17) is 0 Å². The van der Waals surface area contributed by atoms with E-state index in [2.05, 4.69) is 20.7 Å². The van der Waals surface area contributed by atoms with Gasteiger partial charge in [-0.1, -0.05) is 85.2 Å². The third kappa shape index (κ3) is 12.8. The van der Waals surface area contributed by atoms with Crippen molar-refractivity contribution in [2.24, 2.45) is 0 Å². The van der Waals surface area contributed by atoms with Crippen molar-refractivity contribution in [1.29, 1.82) is 0 Å². The van der Waals surface area contributed by atoms with Gasteiger partial charge in [0.1, 0.15) is 0 Å². The number of hydrogen-bond acceptors (Lipinski definition) is 6. The Bertz CT molecular complexity index is 1520. The summed E-state index contributed by atoms with van der Waals surface area (Å²) in [5.74, 6) is 0. The zero-order valence-electron chi connectivity index (χ0n) is 24.7. The highest BCUT2D eigenvalue weighted by atomic mass is 32.2. The second kappa shape index (κ2) is 17.7. The molecule has 0 radical (unpaired) electrons. The van der Waals surface area contributed by atoms with Crippen LogP contribution in [-0.2, 0) is 30.1 Å². The summed E-state index contributed by atoms with van der Waals surface area (Å²) < 4.78 is 78.7. The maximum atomic E-state index is 12.1. The van der Waals surface area contributed by atoms with E-state index in [0.717, 1.165) is 16.7 Å². The van der Waals surface area contributed by atoms with Crippen molar-refractivity contribution >= 4 is 30.1 Å². The summed E-state index contributed by atoms with van der Waals surface area (Å²) in [4.78, 5) is 0.665. The number of aryl methyl sites for hydroxylation is 3. The lowest BCUT2D eigenvalue weighted by atomic mass is 10.2. The second-order valence-electron chi connectivity index (χ2n) is 8.75. The molecule has 0 spiro atoms. The first kappa shape index (κ1) is 36.9. The molecule has 0 amide bonds. The van der Waals surface area contributed by atoms with Gasteiger partial charge < -0.3 is 0 Å². The first-order chi connectivity index (χ1) is 19.8. The van der Waals surface area contributed by atoms with E-state index < -0.39 is 30.1 Å². The van der Waals surface area contributed by atoms with Crippen molar-refractivity contribution in [2.75, 3.05) is 19.6 Å². The van der Waals surface area contributed by atoms with Gasteiger partial charge in [0.05, 0.1) is 14.7 Å². The number of nitrogens with one attached hydrogen (secondary N) is 3. The van der Waals surface area contributed by atoms with Gasteiger partial charge in [-0.15, -0.1) is 6.58 Å². The van der Waals surface area contributed by atoms with Gasteiger partial charge in [-0.25, -0.2) is 39.4 Å². The quantitative estimate of drug-likeness (QED) is 0.249. The van der Waals surface area contributed by atoms with Gasteiger partial charge in [-0.2, -0.15) is 0 Å². The lowest BCUT2D eigenvalue weighted by Crippen LogP contribution is -2.25. The Morgan fingerprint density at radius 3 is 0.976 bits per heavy atom. The van der Waals surface area contributed by atoms with Crippen molar-refractivity contribution in [3.8, 4) is 0 Å². The van der Waals surface area contributed by atoms with Crippen molar-refractivity contribution in [3.05, 3.63) is 114 Å². The van der Waals surface area contributed by atoms with Crippen LogP contribution in [0.3, 0.4) is 0 Å². The van der Waals surface area contributed by atoms with Crippen LogP contribution in [0.15, 0.2) is 112 Å². The van der Waals surface area contributed by atoms with Crippen LogP contribution in [0, 0.1) is 20.8 Å². The SMILES string of the molecule is C=CCNS(=O)(=O)c1ccc(C)cc1.CC.Cc1ccc(S(=O)(=O)NCC=CCNS(=O)(=O)c2ccc(C)cc2)cc1. The summed E-state index contributed by atoms with van der Waals surface area (Å²) in [5.41, 5.74) is 2.99. The molecule has 12 heteroatoms. The largest absolute Gasteiger partial charge is 0.240 e. The molecule has 3 aromatic carbocycles. The number of rotatable bonds is 12. The Balaban J connectivity index is 0.000000465. The third-order valence-electron chi connectivity index (χ3n) is 5.36. The monoisotopic (exact) mass is 635 g/mol. The van der Waals surface area contributed by atoms with Crippen molar-refractivity contribution in [1.82, 2.24) is 14.2 Å². The summed E-state index contributed by atoms with van der Waals surface area (Å²) >= 11 is 0. The fraction of sp³-hybridized carbons (Fsp3) is 0.267. The van der Waals surface area contributed by atoms with Crippen LogP contribution in [-0.4, -0.2) is 44.9 Å². The van der Waals surface area contributed by atoms with Crippen LogP contribution in [0.25, 0.3) is 0 Å². The maximum absolute atomic E-state index is 12.1. The Labute approximate surface area is 251 Å². The molecule has 3 aromatic rings. The molecule has 0 fully saturated rings.